The van der Waals surface area contributed by atoms with Gasteiger partial charge in [0.05, 0.1) is 5.52 Å². The first-order valence-electron chi connectivity index (χ1n) is 7.55. The van der Waals surface area contributed by atoms with E-state index in [4.69, 9.17) is 0 Å². The lowest BCUT2D eigenvalue weighted by atomic mass is 10.2. The van der Waals surface area contributed by atoms with Gasteiger partial charge in [0.2, 0.25) is 5.43 Å². The molecule has 0 bridgehead atoms. The van der Waals surface area contributed by atoms with Crippen molar-refractivity contribution in [1.29, 1.82) is 0 Å². The number of nitrogens with zero attached hydrogens (tertiary/aromatic N) is 2. The van der Waals surface area contributed by atoms with Gasteiger partial charge in [-0.05, 0) is 12.5 Å². The van der Waals surface area contributed by atoms with Crippen molar-refractivity contribution in [3.8, 4) is 0 Å². The summed E-state index contributed by atoms with van der Waals surface area (Å²) >= 11 is 0. The van der Waals surface area contributed by atoms with Gasteiger partial charge in [-0.2, -0.15) is 0 Å². The highest BCUT2D eigenvalue weighted by Gasteiger charge is 2.26. The predicted molar refractivity (Wildman–Crippen MR) is 91.4 cm³/mol. The molecular weight excluding hydrogens is 324 g/mol. The van der Waals surface area contributed by atoms with Gasteiger partial charge in [0.15, 0.2) is 0 Å². The molecule has 3 rings (SSSR count). The number of aromatic carboxylic acids is 2. The molecule has 128 valence electrons. The summed E-state index contributed by atoms with van der Waals surface area (Å²) in [6.07, 6.45) is 1.16. The van der Waals surface area contributed by atoms with Crippen molar-refractivity contribution in [2.45, 2.75) is 13.5 Å². The third kappa shape index (κ3) is 2.59. The van der Waals surface area contributed by atoms with Crippen LogP contribution in [0.5, 0.6) is 0 Å². The molecule has 0 unspecified atom stereocenters. The molecule has 3 aromatic rings. The highest BCUT2D eigenvalue weighted by molar-refractivity contribution is 6.04. The Bertz CT molecular complexity index is 1060. The van der Waals surface area contributed by atoms with Gasteiger partial charge >= 0.3 is 11.9 Å². The van der Waals surface area contributed by atoms with Crippen molar-refractivity contribution in [3.63, 3.8) is 0 Å². The minimum Gasteiger partial charge on any atom is -0.478 e. The second-order valence-electron chi connectivity index (χ2n) is 5.82. The number of benzene rings is 1. The van der Waals surface area contributed by atoms with Crippen molar-refractivity contribution in [3.05, 3.63) is 69.1 Å². The molecule has 0 radical (unpaired) electrons. The number of fused-ring (bicyclic) bond motifs is 1. The molecule has 0 saturated heterocycles. The largest absolute Gasteiger partial charge is 0.478 e. The number of rotatable bonds is 4. The zero-order chi connectivity index (χ0) is 18.3. The molecule has 2 aromatic heterocycles. The minimum absolute atomic E-state index is 0.00229. The number of hydrogen-bond donors (Lipinski definition) is 2. The van der Waals surface area contributed by atoms with E-state index >= 15 is 0 Å². The molecule has 0 spiro atoms. The van der Waals surface area contributed by atoms with Crippen LogP contribution in [-0.4, -0.2) is 31.3 Å². The molecule has 1 aromatic carbocycles. The lowest BCUT2D eigenvalue weighted by molar-refractivity contribution is 0.0686. The normalized spacial score (nSPS) is 11.0. The molecule has 2 N–H and O–H groups in total. The van der Waals surface area contributed by atoms with Gasteiger partial charge in [-0.1, -0.05) is 30.3 Å². The van der Waals surface area contributed by atoms with E-state index in [9.17, 15) is 24.6 Å². The van der Waals surface area contributed by atoms with Crippen molar-refractivity contribution in [2.75, 3.05) is 0 Å². The lowest BCUT2D eigenvalue weighted by Gasteiger charge is -2.09. The molecule has 0 atom stereocenters. The Hall–Kier alpha value is -3.35. The van der Waals surface area contributed by atoms with Crippen LogP contribution in [-0.2, 0) is 13.6 Å². The van der Waals surface area contributed by atoms with Crippen LogP contribution in [0.2, 0.25) is 0 Å². The SMILES string of the molecule is Cc1c(C(=O)O)c2c(c(=O)c(C(=O)O)cn2C)n1Cc1ccccc1. The van der Waals surface area contributed by atoms with E-state index in [2.05, 4.69) is 0 Å². The van der Waals surface area contributed by atoms with Gasteiger partial charge in [0, 0.05) is 25.5 Å². The Morgan fingerprint density at radius 3 is 2.24 bits per heavy atom. The highest BCUT2D eigenvalue weighted by atomic mass is 16.4. The van der Waals surface area contributed by atoms with Crippen molar-refractivity contribution >= 4 is 23.0 Å². The third-order valence-electron chi connectivity index (χ3n) is 4.26. The molecule has 0 amide bonds. The minimum atomic E-state index is -1.34. The number of pyridine rings is 1. The van der Waals surface area contributed by atoms with E-state index in [1.54, 1.807) is 11.5 Å². The summed E-state index contributed by atoms with van der Waals surface area (Å²) in [5.41, 5.74) is 0.509. The number of carboxylic acid groups (broad SMARTS) is 2. The number of carbonyl (C=O) groups is 2. The topological polar surface area (TPSA) is 102 Å². The van der Waals surface area contributed by atoms with Crippen molar-refractivity contribution in [2.24, 2.45) is 7.05 Å². The van der Waals surface area contributed by atoms with E-state index in [0.29, 0.717) is 5.69 Å². The van der Waals surface area contributed by atoms with Crippen LogP contribution in [0.1, 0.15) is 32.0 Å². The van der Waals surface area contributed by atoms with Crippen LogP contribution in [0.25, 0.3) is 11.0 Å². The smallest absolute Gasteiger partial charge is 0.341 e. The first kappa shape index (κ1) is 16.5. The monoisotopic (exact) mass is 340 g/mol. The average Bonchev–Trinajstić information content (AvgIpc) is 2.85. The summed E-state index contributed by atoms with van der Waals surface area (Å²) in [7, 11) is 1.53. The predicted octanol–water partition coefficient (Wildman–Crippen LogP) is 2.09. The molecule has 2 heterocycles. The molecule has 25 heavy (non-hydrogen) atoms. The maximum Gasteiger partial charge on any atom is 0.341 e. The zero-order valence-corrected chi connectivity index (χ0v) is 13.7. The summed E-state index contributed by atoms with van der Waals surface area (Å²) < 4.78 is 2.96. The zero-order valence-electron chi connectivity index (χ0n) is 13.7. The summed E-state index contributed by atoms with van der Waals surface area (Å²) in [5.74, 6) is -2.50. The van der Waals surface area contributed by atoms with Gasteiger partial charge in [-0.25, -0.2) is 9.59 Å². The van der Waals surface area contributed by atoms with Gasteiger partial charge in [-0.15, -0.1) is 0 Å². The number of hydrogen-bond acceptors (Lipinski definition) is 3. The fourth-order valence-electron chi connectivity index (χ4n) is 3.11. The Morgan fingerprint density at radius 2 is 1.68 bits per heavy atom. The fourth-order valence-corrected chi connectivity index (χ4v) is 3.11. The summed E-state index contributed by atoms with van der Waals surface area (Å²) in [6.45, 7) is 1.89. The maximum atomic E-state index is 12.7. The molecule has 0 aliphatic rings. The Kier molecular flexibility index (Phi) is 3.92. The Balaban J connectivity index is 2.43. The van der Waals surface area contributed by atoms with E-state index in [-0.39, 0.29) is 23.1 Å². The number of aryl methyl sites for hydroxylation is 1. The van der Waals surface area contributed by atoms with Gasteiger partial charge in [-0.3, -0.25) is 4.79 Å². The van der Waals surface area contributed by atoms with Crippen LogP contribution in [0.3, 0.4) is 0 Å². The summed E-state index contributed by atoms with van der Waals surface area (Å²) in [6, 6.07) is 9.26. The van der Waals surface area contributed by atoms with E-state index in [0.717, 1.165) is 11.8 Å². The standard InChI is InChI=1S/C18H16N2O5/c1-10-13(18(24)25)14-15(16(21)12(17(22)23)9-19(14)2)20(10)8-11-6-4-3-5-7-11/h3-7,9H,8H2,1-2H3,(H,22,23)(H,24,25). The second-order valence-corrected chi connectivity index (χ2v) is 5.82. The van der Waals surface area contributed by atoms with Crippen LogP contribution in [0, 0.1) is 6.92 Å². The van der Waals surface area contributed by atoms with Gasteiger partial charge < -0.3 is 19.3 Å². The van der Waals surface area contributed by atoms with Crippen molar-refractivity contribution < 1.29 is 19.8 Å². The number of carboxylic acids is 2. The summed E-state index contributed by atoms with van der Waals surface area (Å²) in [4.78, 5) is 35.8. The van der Waals surface area contributed by atoms with Crippen molar-refractivity contribution in [1.82, 2.24) is 9.13 Å². The van der Waals surface area contributed by atoms with Crippen LogP contribution in [0.4, 0.5) is 0 Å². The quantitative estimate of drug-likeness (QED) is 0.757. The van der Waals surface area contributed by atoms with E-state index in [1.165, 1.54) is 11.6 Å². The van der Waals surface area contributed by atoms with E-state index in [1.807, 2.05) is 30.3 Å². The Labute approximate surface area is 142 Å². The Morgan fingerprint density at radius 1 is 1.04 bits per heavy atom. The van der Waals surface area contributed by atoms with Crippen LogP contribution < -0.4 is 5.43 Å². The second kappa shape index (κ2) is 5.94. The van der Waals surface area contributed by atoms with Crippen LogP contribution in [0.15, 0.2) is 41.3 Å². The summed E-state index contributed by atoms with van der Waals surface area (Å²) in [5, 5.41) is 18.9. The fraction of sp³-hybridized carbons (Fsp3) is 0.167. The molecule has 0 aliphatic heterocycles. The maximum absolute atomic E-state index is 12.7. The molecule has 7 nitrogen and oxygen atoms in total. The highest BCUT2D eigenvalue weighted by Crippen LogP contribution is 2.25. The first-order valence-corrected chi connectivity index (χ1v) is 7.55. The van der Waals surface area contributed by atoms with E-state index < -0.39 is 22.9 Å². The first-order chi connectivity index (χ1) is 11.8. The average molecular weight is 340 g/mol. The molecule has 7 heteroatoms. The molecule has 0 fully saturated rings. The lowest BCUT2D eigenvalue weighted by Crippen LogP contribution is -2.20. The molecule has 0 aliphatic carbocycles. The molecular formula is C18H16N2O5. The van der Waals surface area contributed by atoms with Gasteiger partial charge in [0.1, 0.15) is 16.6 Å². The number of aromatic nitrogens is 2. The molecule has 0 saturated carbocycles. The third-order valence-corrected chi connectivity index (χ3v) is 4.26. The van der Waals surface area contributed by atoms with Crippen LogP contribution >= 0.6 is 0 Å². The van der Waals surface area contributed by atoms with Gasteiger partial charge in [0.25, 0.3) is 0 Å².